The van der Waals surface area contributed by atoms with Crippen molar-refractivity contribution in [3.8, 4) is 0 Å². The molecule has 0 aromatic heterocycles. The molecular weight excluding hydrogens is 269 g/mol. The summed E-state index contributed by atoms with van der Waals surface area (Å²) in [7, 11) is 0. The van der Waals surface area contributed by atoms with Crippen LogP contribution in [0.5, 0.6) is 0 Å². The Hall–Kier alpha value is -0.540. The average Bonchev–Trinajstić information content (AvgIpc) is 2.38. The molecule has 0 heterocycles. The van der Waals surface area contributed by atoms with Gasteiger partial charge in [0.2, 0.25) is 0 Å². The molecule has 0 saturated heterocycles. The van der Waals surface area contributed by atoms with Crippen LogP contribution in [0.1, 0.15) is 52.0 Å². The monoisotopic (exact) mass is 297 g/mol. The Morgan fingerprint density at radius 2 is 1.85 bits per heavy atom. The van der Waals surface area contributed by atoms with Crippen LogP contribution < -0.4 is 5.32 Å². The molecule has 0 saturated carbocycles. The first kappa shape index (κ1) is 17.5. The highest BCUT2D eigenvalue weighted by molar-refractivity contribution is 7.99. The number of hydrogen-bond acceptors (Lipinski definition) is 2. The van der Waals surface area contributed by atoms with Gasteiger partial charge in [-0.05, 0) is 68.7 Å². The molecule has 1 unspecified atom stereocenters. The van der Waals surface area contributed by atoms with Gasteiger partial charge < -0.3 is 5.32 Å². The molecule has 1 aromatic carbocycles. The third-order valence-electron chi connectivity index (χ3n) is 3.27. The van der Waals surface area contributed by atoms with Crippen molar-refractivity contribution in [1.29, 1.82) is 0 Å². The molecular formula is C17H28FNS. The SMILES string of the molecule is CCSCCCC(CNC(C)(C)C)c1ccc(F)cc1. The predicted molar refractivity (Wildman–Crippen MR) is 89.1 cm³/mol. The first-order valence-corrected chi connectivity index (χ1v) is 8.66. The van der Waals surface area contributed by atoms with Crippen LogP contribution in [0.4, 0.5) is 4.39 Å². The second kappa shape index (κ2) is 8.68. The summed E-state index contributed by atoms with van der Waals surface area (Å²) in [5.41, 5.74) is 1.36. The molecule has 0 aliphatic rings. The highest BCUT2D eigenvalue weighted by atomic mass is 32.2. The van der Waals surface area contributed by atoms with Gasteiger partial charge in [0, 0.05) is 12.1 Å². The number of nitrogens with one attached hydrogen (secondary N) is 1. The summed E-state index contributed by atoms with van der Waals surface area (Å²) < 4.78 is 13.1. The summed E-state index contributed by atoms with van der Waals surface area (Å²) in [6.07, 6.45) is 2.37. The van der Waals surface area contributed by atoms with Crippen molar-refractivity contribution in [2.45, 2.75) is 52.0 Å². The zero-order valence-corrected chi connectivity index (χ0v) is 14.0. The standard InChI is InChI=1S/C17H28FNS/c1-5-20-12-6-7-15(13-19-17(2,3)4)14-8-10-16(18)11-9-14/h8-11,15,19H,5-7,12-13H2,1-4H3. The van der Waals surface area contributed by atoms with Crippen LogP contribution in [0, 0.1) is 5.82 Å². The van der Waals surface area contributed by atoms with Crippen molar-refractivity contribution in [1.82, 2.24) is 5.32 Å². The van der Waals surface area contributed by atoms with E-state index in [2.05, 4.69) is 33.0 Å². The largest absolute Gasteiger partial charge is 0.311 e. The van der Waals surface area contributed by atoms with Gasteiger partial charge >= 0.3 is 0 Å². The minimum atomic E-state index is -0.155. The van der Waals surface area contributed by atoms with Crippen LogP contribution >= 0.6 is 11.8 Å². The molecule has 1 N–H and O–H groups in total. The Kier molecular flexibility index (Phi) is 7.60. The molecule has 1 aromatic rings. The minimum absolute atomic E-state index is 0.121. The summed E-state index contributed by atoms with van der Waals surface area (Å²) in [5, 5.41) is 3.58. The molecule has 0 aliphatic carbocycles. The van der Waals surface area contributed by atoms with Gasteiger partial charge in [-0.2, -0.15) is 11.8 Å². The van der Waals surface area contributed by atoms with Crippen LogP contribution in [0.3, 0.4) is 0 Å². The Morgan fingerprint density at radius 1 is 1.20 bits per heavy atom. The Balaban J connectivity index is 2.60. The van der Waals surface area contributed by atoms with E-state index in [-0.39, 0.29) is 11.4 Å². The lowest BCUT2D eigenvalue weighted by Gasteiger charge is -2.25. The van der Waals surface area contributed by atoms with E-state index < -0.39 is 0 Å². The van der Waals surface area contributed by atoms with Crippen LogP contribution in [0.2, 0.25) is 0 Å². The highest BCUT2D eigenvalue weighted by Crippen LogP contribution is 2.23. The lowest BCUT2D eigenvalue weighted by atomic mass is 9.93. The van der Waals surface area contributed by atoms with Crippen molar-refractivity contribution < 1.29 is 4.39 Å². The van der Waals surface area contributed by atoms with Gasteiger partial charge in [0.1, 0.15) is 5.82 Å². The molecule has 0 bridgehead atoms. The van der Waals surface area contributed by atoms with Crippen LogP contribution in [-0.2, 0) is 0 Å². The van der Waals surface area contributed by atoms with Crippen molar-refractivity contribution in [2.24, 2.45) is 0 Å². The summed E-state index contributed by atoms with van der Waals surface area (Å²) in [4.78, 5) is 0. The van der Waals surface area contributed by atoms with E-state index in [4.69, 9.17) is 0 Å². The molecule has 20 heavy (non-hydrogen) atoms. The maximum Gasteiger partial charge on any atom is 0.123 e. The molecule has 0 amide bonds. The normalized spacial score (nSPS) is 13.4. The van der Waals surface area contributed by atoms with E-state index in [0.717, 1.165) is 13.0 Å². The lowest BCUT2D eigenvalue weighted by Crippen LogP contribution is -2.38. The molecule has 0 spiro atoms. The number of hydrogen-bond donors (Lipinski definition) is 1. The second-order valence-corrected chi connectivity index (χ2v) is 7.61. The van der Waals surface area contributed by atoms with Crippen molar-refractivity contribution in [3.05, 3.63) is 35.6 Å². The predicted octanol–water partition coefficient (Wildman–Crippen LogP) is 4.83. The molecule has 1 atom stereocenters. The van der Waals surface area contributed by atoms with Gasteiger partial charge in [-0.15, -0.1) is 0 Å². The van der Waals surface area contributed by atoms with E-state index in [1.165, 1.54) is 23.5 Å². The Labute approximate surface area is 127 Å². The number of rotatable bonds is 8. The average molecular weight is 297 g/mol. The van der Waals surface area contributed by atoms with Crippen LogP contribution in [0.15, 0.2) is 24.3 Å². The Morgan fingerprint density at radius 3 is 2.40 bits per heavy atom. The van der Waals surface area contributed by atoms with Crippen molar-refractivity contribution >= 4 is 11.8 Å². The van der Waals surface area contributed by atoms with E-state index in [9.17, 15) is 4.39 Å². The van der Waals surface area contributed by atoms with Gasteiger partial charge in [0.25, 0.3) is 0 Å². The maximum absolute atomic E-state index is 13.1. The summed E-state index contributed by atoms with van der Waals surface area (Å²) in [5.74, 6) is 2.70. The molecule has 0 aliphatic heterocycles. The van der Waals surface area contributed by atoms with E-state index in [0.29, 0.717) is 5.92 Å². The number of halogens is 1. The van der Waals surface area contributed by atoms with E-state index in [1.54, 1.807) is 12.1 Å². The molecule has 114 valence electrons. The van der Waals surface area contributed by atoms with Crippen LogP contribution in [0.25, 0.3) is 0 Å². The van der Waals surface area contributed by atoms with Gasteiger partial charge in [0.15, 0.2) is 0 Å². The van der Waals surface area contributed by atoms with Crippen molar-refractivity contribution in [3.63, 3.8) is 0 Å². The maximum atomic E-state index is 13.1. The zero-order valence-electron chi connectivity index (χ0n) is 13.2. The zero-order chi connectivity index (χ0) is 15.0. The molecule has 1 nitrogen and oxygen atoms in total. The summed E-state index contributed by atoms with van der Waals surface area (Å²) in [6, 6.07) is 7.00. The fraction of sp³-hybridized carbons (Fsp3) is 0.647. The van der Waals surface area contributed by atoms with Crippen LogP contribution in [-0.4, -0.2) is 23.6 Å². The number of thioether (sulfide) groups is 1. The topological polar surface area (TPSA) is 12.0 Å². The fourth-order valence-corrected chi connectivity index (χ4v) is 2.79. The van der Waals surface area contributed by atoms with Gasteiger partial charge in [-0.25, -0.2) is 4.39 Å². The van der Waals surface area contributed by atoms with Gasteiger partial charge in [0.05, 0.1) is 0 Å². The highest BCUT2D eigenvalue weighted by Gasteiger charge is 2.15. The molecule has 1 rings (SSSR count). The Bertz CT molecular complexity index is 370. The summed E-state index contributed by atoms with van der Waals surface area (Å²) >= 11 is 1.99. The molecule has 0 fully saturated rings. The van der Waals surface area contributed by atoms with Crippen molar-refractivity contribution in [2.75, 3.05) is 18.1 Å². The third-order valence-corrected chi connectivity index (χ3v) is 4.25. The first-order chi connectivity index (χ1) is 9.42. The third kappa shape index (κ3) is 7.30. The fourth-order valence-electron chi connectivity index (χ4n) is 2.13. The molecule has 0 radical (unpaired) electrons. The van der Waals surface area contributed by atoms with Gasteiger partial charge in [-0.3, -0.25) is 0 Å². The first-order valence-electron chi connectivity index (χ1n) is 7.50. The lowest BCUT2D eigenvalue weighted by molar-refractivity contribution is 0.398. The van der Waals surface area contributed by atoms with E-state index in [1.807, 2.05) is 23.9 Å². The molecule has 3 heteroatoms. The van der Waals surface area contributed by atoms with Gasteiger partial charge in [-0.1, -0.05) is 19.1 Å². The summed E-state index contributed by atoms with van der Waals surface area (Å²) in [6.45, 7) is 9.69. The number of benzene rings is 1. The second-order valence-electron chi connectivity index (χ2n) is 6.22. The minimum Gasteiger partial charge on any atom is -0.311 e. The van der Waals surface area contributed by atoms with E-state index >= 15 is 0 Å². The quantitative estimate of drug-likeness (QED) is 0.690. The smallest absolute Gasteiger partial charge is 0.123 e.